The Labute approximate surface area is 172 Å². The first-order valence-electron chi connectivity index (χ1n) is 10.0. The standard InChI is InChI=1S/C25H30F3N/c1-5-21-8-6-7-9-24(21)22(16-19(4)29-17-18(2)3)13-10-20-11-14-23(15-12-20)25(26,27)28/h5-9,11-12,14-16,18-19,29H,1,10,13,17H2,2-4H3/b22-16+. The first kappa shape index (κ1) is 23.0. The highest BCUT2D eigenvalue weighted by atomic mass is 19.4. The molecule has 2 aromatic rings. The lowest BCUT2D eigenvalue weighted by molar-refractivity contribution is -0.137. The Kier molecular flexibility index (Phi) is 8.27. The molecule has 0 fully saturated rings. The maximum atomic E-state index is 12.8. The first-order valence-corrected chi connectivity index (χ1v) is 10.0. The molecule has 1 nitrogen and oxygen atoms in total. The number of hydrogen-bond acceptors (Lipinski definition) is 1. The van der Waals surface area contributed by atoms with Crippen LogP contribution in [-0.4, -0.2) is 12.6 Å². The molecule has 2 aromatic carbocycles. The number of aryl methyl sites for hydroxylation is 1. The Balaban J connectivity index is 2.22. The highest BCUT2D eigenvalue weighted by Crippen LogP contribution is 2.30. The van der Waals surface area contributed by atoms with Gasteiger partial charge in [-0.3, -0.25) is 0 Å². The van der Waals surface area contributed by atoms with Crippen molar-refractivity contribution in [1.82, 2.24) is 5.32 Å². The molecule has 0 spiro atoms. The van der Waals surface area contributed by atoms with Crippen LogP contribution >= 0.6 is 0 Å². The van der Waals surface area contributed by atoms with E-state index in [1.54, 1.807) is 12.1 Å². The van der Waals surface area contributed by atoms with Crippen LogP contribution in [0.15, 0.2) is 61.2 Å². The van der Waals surface area contributed by atoms with Crippen molar-refractivity contribution in [3.05, 3.63) is 83.4 Å². The Morgan fingerprint density at radius 2 is 1.69 bits per heavy atom. The molecular weight excluding hydrogens is 371 g/mol. The minimum atomic E-state index is -4.30. The van der Waals surface area contributed by atoms with Gasteiger partial charge in [-0.05, 0) is 66.6 Å². The van der Waals surface area contributed by atoms with Crippen LogP contribution in [0.3, 0.4) is 0 Å². The van der Waals surface area contributed by atoms with Crippen molar-refractivity contribution in [1.29, 1.82) is 0 Å². The summed E-state index contributed by atoms with van der Waals surface area (Å²) in [5, 5.41) is 3.51. The molecule has 0 aromatic heterocycles. The average molecular weight is 402 g/mol. The smallest absolute Gasteiger partial charge is 0.311 e. The monoisotopic (exact) mass is 401 g/mol. The van der Waals surface area contributed by atoms with Gasteiger partial charge in [0.2, 0.25) is 0 Å². The van der Waals surface area contributed by atoms with E-state index < -0.39 is 11.7 Å². The number of halogens is 3. The third-order valence-corrected chi connectivity index (χ3v) is 4.79. The van der Waals surface area contributed by atoms with Crippen molar-refractivity contribution < 1.29 is 13.2 Å². The third-order valence-electron chi connectivity index (χ3n) is 4.79. The van der Waals surface area contributed by atoms with Gasteiger partial charge in [0.05, 0.1) is 5.56 Å². The highest BCUT2D eigenvalue weighted by Gasteiger charge is 2.29. The molecule has 2 rings (SSSR count). The average Bonchev–Trinajstić information content (AvgIpc) is 2.69. The molecule has 156 valence electrons. The topological polar surface area (TPSA) is 12.0 Å². The fourth-order valence-electron chi connectivity index (χ4n) is 3.20. The molecule has 1 unspecified atom stereocenters. The number of benzene rings is 2. The SMILES string of the molecule is C=Cc1ccccc1/C(=C/C(C)NCC(C)C)CCc1ccc(C(F)(F)F)cc1. The summed E-state index contributed by atoms with van der Waals surface area (Å²) < 4.78 is 38.4. The van der Waals surface area contributed by atoms with Crippen molar-refractivity contribution in [3.63, 3.8) is 0 Å². The Morgan fingerprint density at radius 1 is 1.03 bits per heavy atom. The van der Waals surface area contributed by atoms with E-state index in [0.717, 1.165) is 41.8 Å². The number of hydrogen-bond donors (Lipinski definition) is 1. The zero-order valence-electron chi connectivity index (χ0n) is 17.4. The van der Waals surface area contributed by atoms with E-state index in [1.807, 2.05) is 24.3 Å². The van der Waals surface area contributed by atoms with Gasteiger partial charge in [0, 0.05) is 6.04 Å². The van der Waals surface area contributed by atoms with E-state index in [-0.39, 0.29) is 6.04 Å². The van der Waals surface area contributed by atoms with Gasteiger partial charge in [-0.2, -0.15) is 13.2 Å². The van der Waals surface area contributed by atoms with Crippen LogP contribution in [0.25, 0.3) is 11.6 Å². The second-order valence-corrected chi connectivity index (χ2v) is 7.77. The maximum Gasteiger partial charge on any atom is 0.416 e. The zero-order valence-corrected chi connectivity index (χ0v) is 17.4. The quantitative estimate of drug-likeness (QED) is 0.477. The summed E-state index contributed by atoms with van der Waals surface area (Å²) in [6.45, 7) is 11.3. The molecular formula is C25H30F3N. The summed E-state index contributed by atoms with van der Waals surface area (Å²) >= 11 is 0. The molecule has 0 saturated heterocycles. The molecule has 29 heavy (non-hydrogen) atoms. The predicted octanol–water partition coefficient (Wildman–Crippen LogP) is 7.00. The van der Waals surface area contributed by atoms with E-state index in [9.17, 15) is 13.2 Å². The van der Waals surface area contributed by atoms with Gasteiger partial charge in [0.25, 0.3) is 0 Å². The molecule has 0 amide bonds. The lowest BCUT2D eigenvalue weighted by atomic mass is 9.93. The number of rotatable bonds is 9. The lowest BCUT2D eigenvalue weighted by Gasteiger charge is -2.17. The predicted molar refractivity (Wildman–Crippen MR) is 117 cm³/mol. The van der Waals surface area contributed by atoms with Crippen molar-refractivity contribution in [2.45, 2.75) is 45.8 Å². The van der Waals surface area contributed by atoms with Gasteiger partial charge in [-0.25, -0.2) is 0 Å². The summed E-state index contributed by atoms with van der Waals surface area (Å²) in [6, 6.07) is 13.7. The van der Waals surface area contributed by atoms with Crippen LogP contribution in [0.4, 0.5) is 13.2 Å². The third kappa shape index (κ3) is 7.21. The highest BCUT2D eigenvalue weighted by molar-refractivity contribution is 5.74. The van der Waals surface area contributed by atoms with Gasteiger partial charge in [0.15, 0.2) is 0 Å². The summed E-state index contributed by atoms with van der Waals surface area (Å²) in [4.78, 5) is 0. The fourth-order valence-corrected chi connectivity index (χ4v) is 3.20. The second kappa shape index (κ2) is 10.4. The number of nitrogens with one attached hydrogen (secondary N) is 1. The summed E-state index contributed by atoms with van der Waals surface area (Å²) in [7, 11) is 0. The van der Waals surface area contributed by atoms with Gasteiger partial charge in [-0.15, -0.1) is 0 Å². The van der Waals surface area contributed by atoms with Gasteiger partial charge in [0.1, 0.15) is 0 Å². The molecule has 0 bridgehead atoms. The van der Waals surface area contributed by atoms with E-state index in [1.165, 1.54) is 5.57 Å². The van der Waals surface area contributed by atoms with Crippen LogP contribution in [0.2, 0.25) is 0 Å². The van der Waals surface area contributed by atoms with Crippen LogP contribution in [0.1, 0.15) is 49.4 Å². The van der Waals surface area contributed by atoms with Crippen molar-refractivity contribution >= 4 is 11.6 Å². The molecule has 0 radical (unpaired) electrons. The van der Waals surface area contributed by atoms with E-state index in [2.05, 4.69) is 44.8 Å². The summed E-state index contributed by atoms with van der Waals surface area (Å²) in [5.74, 6) is 0.557. The Bertz CT molecular complexity index is 817. The molecule has 0 aliphatic rings. The van der Waals surface area contributed by atoms with E-state index >= 15 is 0 Å². The van der Waals surface area contributed by atoms with Crippen molar-refractivity contribution in [2.75, 3.05) is 6.54 Å². The minimum Gasteiger partial charge on any atom is -0.311 e. The Hall–Kier alpha value is -2.33. The Morgan fingerprint density at radius 3 is 2.28 bits per heavy atom. The van der Waals surface area contributed by atoms with Crippen molar-refractivity contribution in [3.8, 4) is 0 Å². The molecule has 0 heterocycles. The van der Waals surface area contributed by atoms with Crippen LogP contribution in [0, 0.1) is 5.92 Å². The molecule has 4 heteroatoms. The largest absolute Gasteiger partial charge is 0.416 e. The molecule has 0 aliphatic heterocycles. The van der Waals surface area contributed by atoms with Crippen molar-refractivity contribution in [2.24, 2.45) is 5.92 Å². The maximum absolute atomic E-state index is 12.8. The van der Waals surface area contributed by atoms with Gasteiger partial charge < -0.3 is 5.32 Å². The molecule has 1 N–H and O–H groups in total. The lowest BCUT2D eigenvalue weighted by Crippen LogP contribution is -2.28. The van der Waals surface area contributed by atoms with E-state index in [0.29, 0.717) is 12.3 Å². The van der Waals surface area contributed by atoms with Gasteiger partial charge in [-0.1, -0.05) is 69.0 Å². The summed E-state index contributed by atoms with van der Waals surface area (Å²) in [5.41, 5.74) is 3.63. The first-order chi connectivity index (χ1) is 13.7. The second-order valence-electron chi connectivity index (χ2n) is 7.77. The van der Waals surface area contributed by atoms with E-state index in [4.69, 9.17) is 0 Å². The zero-order chi connectivity index (χ0) is 21.4. The van der Waals surface area contributed by atoms with Crippen LogP contribution in [0.5, 0.6) is 0 Å². The van der Waals surface area contributed by atoms with Crippen LogP contribution in [-0.2, 0) is 12.6 Å². The molecule has 1 atom stereocenters. The normalized spacial score (nSPS) is 13.6. The number of alkyl halides is 3. The molecule has 0 saturated carbocycles. The molecule has 0 aliphatic carbocycles. The minimum absolute atomic E-state index is 0.192. The fraction of sp³-hybridized carbons (Fsp3) is 0.360. The summed E-state index contributed by atoms with van der Waals surface area (Å²) in [6.07, 6.45) is 1.17. The van der Waals surface area contributed by atoms with Gasteiger partial charge >= 0.3 is 6.18 Å². The number of allylic oxidation sites excluding steroid dienone is 1. The van der Waals surface area contributed by atoms with Crippen LogP contribution < -0.4 is 5.32 Å².